The van der Waals surface area contributed by atoms with Gasteiger partial charge in [0.25, 0.3) is 0 Å². The van der Waals surface area contributed by atoms with Crippen LogP contribution in [0.4, 0.5) is 16.3 Å². The third-order valence-electron chi connectivity index (χ3n) is 3.99. The molecule has 0 bridgehead atoms. The number of rotatable bonds is 7. The third-order valence-corrected chi connectivity index (χ3v) is 5.30. The molecule has 173 valence electrons. The van der Waals surface area contributed by atoms with Crippen LogP contribution >= 0.6 is 46.4 Å². The van der Waals surface area contributed by atoms with Crippen LogP contribution in [-0.4, -0.2) is 36.1 Å². The van der Waals surface area contributed by atoms with E-state index < -0.39 is 11.9 Å². The summed E-state index contributed by atoms with van der Waals surface area (Å²) in [5, 5.41) is 3.81. The Bertz CT molecular complexity index is 1080. The number of aryl methyl sites for hydroxylation is 1. The number of halogens is 4. The average Bonchev–Trinajstić information content (AvgIpc) is 2.75. The van der Waals surface area contributed by atoms with Gasteiger partial charge < -0.3 is 20.8 Å². The van der Waals surface area contributed by atoms with Gasteiger partial charge in [-0.25, -0.2) is 14.7 Å². The molecule has 0 fully saturated rings. The summed E-state index contributed by atoms with van der Waals surface area (Å²) in [6, 6.07) is 5.29. The van der Waals surface area contributed by atoms with Gasteiger partial charge in [0.1, 0.15) is 5.16 Å². The maximum atomic E-state index is 13.3. The molecule has 1 radical (unpaired) electrons. The molecule has 13 heteroatoms. The SMILES string of the molecule is C=C/C(Cl)=C(/Cl)N(C(=O)Nc1c(C)cc(Cl)cc1C(=O)N(C)[N-]OC)c1ncccc1Cl.[Y]. The molecule has 0 aliphatic rings. The van der Waals surface area contributed by atoms with Gasteiger partial charge in [-0.3, -0.25) is 4.79 Å². The number of pyridine rings is 1. The van der Waals surface area contributed by atoms with Crippen molar-refractivity contribution in [3.05, 3.63) is 80.1 Å². The number of allylic oxidation sites excluding steroid dienone is 2. The number of hydrogen-bond acceptors (Lipinski definition) is 4. The van der Waals surface area contributed by atoms with E-state index in [1.165, 1.54) is 38.6 Å². The first-order valence-electron chi connectivity index (χ1n) is 8.84. The fourth-order valence-corrected chi connectivity index (χ4v) is 3.38. The summed E-state index contributed by atoms with van der Waals surface area (Å²) < 4.78 is 0. The number of nitrogens with one attached hydrogen (secondary N) is 1. The normalized spacial score (nSPS) is 11.1. The largest absolute Gasteiger partial charge is 0.470 e. The first kappa shape index (κ1) is 29.8. The Kier molecular flexibility index (Phi) is 12.3. The fourth-order valence-electron chi connectivity index (χ4n) is 2.59. The van der Waals surface area contributed by atoms with Gasteiger partial charge in [-0.15, -0.1) is 0 Å². The van der Waals surface area contributed by atoms with Crippen LogP contribution < -0.4 is 10.2 Å². The van der Waals surface area contributed by atoms with Gasteiger partial charge in [0.2, 0.25) is 5.91 Å². The van der Waals surface area contributed by atoms with Crippen LogP contribution in [0.5, 0.6) is 0 Å². The number of anilines is 2. The quantitative estimate of drug-likeness (QED) is 0.222. The van der Waals surface area contributed by atoms with Crippen LogP contribution in [0.25, 0.3) is 5.59 Å². The maximum Gasteiger partial charge on any atom is 0.332 e. The monoisotopic (exact) mass is 605 g/mol. The van der Waals surface area contributed by atoms with Gasteiger partial charge in [0.05, 0.1) is 21.3 Å². The average molecular weight is 607 g/mol. The first-order chi connectivity index (χ1) is 15.1. The molecule has 1 heterocycles. The molecule has 0 saturated heterocycles. The molecule has 33 heavy (non-hydrogen) atoms. The number of benzene rings is 1. The topological polar surface area (TPSA) is 88.9 Å². The Hall–Kier alpha value is -1.23. The molecular weight excluding hydrogens is 589 g/mol. The summed E-state index contributed by atoms with van der Waals surface area (Å²) in [7, 11) is 2.68. The van der Waals surface area contributed by atoms with Crippen molar-refractivity contribution in [2.75, 3.05) is 24.4 Å². The van der Waals surface area contributed by atoms with Crippen molar-refractivity contribution in [1.82, 2.24) is 9.99 Å². The zero-order valence-electron chi connectivity index (χ0n) is 17.8. The van der Waals surface area contributed by atoms with E-state index in [0.29, 0.717) is 5.56 Å². The Morgan fingerprint density at radius 1 is 1.27 bits per heavy atom. The second kappa shape index (κ2) is 13.6. The number of carbonyl (C=O) groups excluding carboxylic acids is 2. The molecule has 3 amide bonds. The molecule has 0 spiro atoms. The molecular formula is C20H18Cl4N5O3Y-. The Balaban J connectivity index is 0.00000544. The predicted molar refractivity (Wildman–Crippen MR) is 128 cm³/mol. The molecule has 0 aliphatic carbocycles. The summed E-state index contributed by atoms with van der Waals surface area (Å²) >= 11 is 24.8. The zero-order chi connectivity index (χ0) is 24.0. The number of nitrogens with zero attached hydrogens (tertiary/aromatic N) is 4. The second-order valence-corrected chi connectivity index (χ2v) is 7.76. The minimum atomic E-state index is -0.790. The van der Waals surface area contributed by atoms with E-state index in [1.54, 1.807) is 19.1 Å². The van der Waals surface area contributed by atoms with E-state index in [9.17, 15) is 9.59 Å². The van der Waals surface area contributed by atoms with Gasteiger partial charge in [-0.2, -0.15) is 0 Å². The minimum Gasteiger partial charge on any atom is -0.470 e. The minimum absolute atomic E-state index is 0. The fraction of sp³-hybridized carbons (Fsp3) is 0.150. The van der Waals surface area contributed by atoms with Gasteiger partial charge >= 0.3 is 6.03 Å². The molecule has 1 aromatic carbocycles. The molecule has 1 N–H and O–H groups in total. The van der Waals surface area contributed by atoms with Crippen LogP contribution in [0.3, 0.4) is 0 Å². The van der Waals surface area contributed by atoms with Crippen molar-refractivity contribution in [2.24, 2.45) is 0 Å². The first-order valence-corrected chi connectivity index (χ1v) is 10.3. The van der Waals surface area contributed by atoms with Crippen LogP contribution in [0.15, 0.2) is 53.3 Å². The van der Waals surface area contributed by atoms with Crippen molar-refractivity contribution in [3.63, 3.8) is 0 Å². The van der Waals surface area contributed by atoms with Gasteiger partial charge in [0, 0.05) is 51.0 Å². The van der Waals surface area contributed by atoms with Crippen LogP contribution in [-0.2, 0) is 37.5 Å². The van der Waals surface area contributed by atoms with E-state index in [4.69, 9.17) is 46.4 Å². The summed E-state index contributed by atoms with van der Waals surface area (Å²) in [5.74, 6) is -0.566. The zero-order valence-corrected chi connectivity index (χ0v) is 23.6. The van der Waals surface area contributed by atoms with E-state index >= 15 is 0 Å². The predicted octanol–water partition coefficient (Wildman–Crippen LogP) is 6.49. The molecule has 0 atom stereocenters. The molecule has 8 nitrogen and oxygen atoms in total. The van der Waals surface area contributed by atoms with E-state index in [-0.39, 0.29) is 70.0 Å². The Labute approximate surface area is 236 Å². The van der Waals surface area contributed by atoms with E-state index in [2.05, 4.69) is 27.3 Å². The van der Waals surface area contributed by atoms with Gasteiger partial charge in [0.15, 0.2) is 5.82 Å². The number of urea groups is 1. The van der Waals surface area contributed by atoms with E-state index in [0.717, 1.165) is 9.91 Å². The molecule has 0 aliphatic heterocycles. The van der Waals surface area contributed by atoms with E-state index in [1.807, 2.05) is 0 Å². The maximum absolute atomic E-state index is 13.3. The van der Waals surface area contributed by atoms with Gasteiger partial charge in [-0.05, 0) is 49.9 Å². The molecule has 1 aromatic heterocycles. The number of carbonyl (C=O) groups is 2. The van der Waals surface area contributed by atoms with Crippen molar-refractivity contribution >= 4 is 69.8 Å². The third kappa shape index (κ3) is 7.38. The molecule has 0 unspecified atom stereocenters. The molecule has 2 aromatic rings. The number of aromatic nitrogens is 1. The molecule has 2 rings (SSSR count). The summed E-state index contributed by atoms with van der Waals surface area (Å²) in [6.07, 6.45) is 2.68. The Morgan fingerprint density at radius 2 is 1.94 bits per heavy atom. The number of amides is 3. The van der Waals surface area contributed by atoms with Crippen LogP contribution in [0.2, 0.25) is 10.0 Å². The standard InChI is InChI=1S/C20H18Cl4N5O3.Y/c1-5-14(22)17(24)29(18-15(23)7-6-8-25-18)20(31)26-16-11(2)9-12(21)10-13(16)19(30)28(3)27-32-4;/h5-10H,1H2,2-4H3,(H,26,31);/q-1;/b17-14+;. The smallest absolute Gasteiger partial charge is 0.332 e. The van der Waals surface area contributed by atoms with Crippen molar-refractivity contribution in [3.8, 4) is 0 Å². The Morgan fingerprint density at radius 3 is 2.52 bits per heavy atom. The van der Waals surface area contributed by atoms with Crippen LogP contribution in [0, 0.1) is 6.92 Å². The van der Waals surface area contributed by atoms with Crippen molar-refractivity contribution in [2.45, 2.75) is 6.92 Å². The molecule has 0 saturated carbocycles. The summed E-state index contributed by atoms with van der Waals surface area (Å²) in [5.41, 5.74) is 4.30. The van der Waals surface area contributed by atoms with Gasteiger partial charge in [-0.1, -0.05) is 53.0 Å². The van der Waals surface area contributed by atoms with Crippen molar-refractivity contribution < 1.29 is 47.1 Å². The van der Waals surface area contributed by atoms with Crippen molar-refractivity contribution in [1.29, 1.82) is 0 Å². The number of hydrogen-bond donors (Lipinski definition) is 1. The second-order valence-electron chi connectivity index (χ2n) is 6.16. The van der Waals surface area contributed by atoms with Crippen LogP contribution in [0.1, 0.15) is 15.9 Å². The summed E-state index contributed by atoms with van der Waals surface area (Å²) in [4.78, 5) is 35.9. The summed E-state index contributed by atoms with van der Waals surface area (Å²) in [6.45, 7) is 5.21.